The highest BCUT2D eigenvalue weighted by Gasteiger charge is 2.28. The first-order valence-corrected chi connectivity index (χ1v) is 11.7. The van der Waals surface area contributed by atoms with Crippen molar-refractivity contribution in [3.8, 4) is 0 Å². The van der Waals surface area contributed by atoms with Crippen molar-refractivity contribution in [1.82, 2.24) is 20.1 Å². The van der Waals surface area contributed by atoms with Crippen LogP contribution in [0, 0.1) is 12.8 Å². The average molecular weight is 413 g/mol. The molecule has 2 fully saturated rings. The molecule has 0 aliphatic carbocycles. The Kier molecular flexibility index (Phi) is 6.95. The van der Waals surface area contributed by atoms with Crippen molar-refractivity contribution in [2.75, 3.05) is 26.2 Å². The molecule has 2 aromatic rings. The first-order valence-electron chi connectivity index (χ1n) is 10.9. The van der Waals surface area contributed by atoms with Crippen molar-refractivity contribution in [1.29, 1.82) is 0 Å². The number of nitrogens with one attached hydrogen (secondary N) is 1. The molecule has 2 saturated heterocycles. The second-order valence-corrected chi connectivity index (χ2v) is 9.52. The molecule has 1 aromatic heterocycles. The van der Waals surface area contributed by atoms with Crippen molar-refractivity contribution < 1.29 is 4.79 Å². The number of piperidine rings is 2. The van der Waals surface area contributed by atoms with Crippen LogP contribution in [0.5, 0.6) is 0 Å². The number of carbonyl (C=O) groups is 1. The van der Waals surface area contributed by atoms with Crippen LogP contribution in [0.1, 0.15) is 41.9 Å². The predicted molar refractivity (Wildman–Crippen MR) is 118 cm³/mol. The van der Waals surface area contributed by atoms with Crippen molar-refractivity contribution in [2.24, 2.45) is 5.92 Å². The van der Waals surface area contributed by atoms with E-state index >= 15 is 0 Å². The minimum Gasteiger partial charge on any atom is -0.353 e. The number of aryl methyl sites for hydroxylation is 1. The fourth-order valence-corrected chi connectivity index (χ4v) is 5.06. The maximum Gasteiger partial charge on any atom is 0.223 e. The van der Waals surface area contributed by atoms with E-state index in [4.69, 9.17) is 0 Å². The molecular formula is C23H32N4OS. The van der Waals surface area contributed by atoms with Gasteiger partial charge in [-0.1, -0.05) is 30.3 Å². The fraction of sp³-hybridized carbons (Fsp3) is 0.565. The lowest BCUT2D eigenvalue weighted by Gasteiger charge is -2.35. The first-order chi connectivity index (χ1) is 14.2. The highest BCUT2D eigenvalue weighted by molar-refractivity contribution is 7.09. The number of likely N-dealkylation sites (tertiary alicyclic amines) is 2. The molecule has 29 heavy (non-hydrogen) atoms. The van der Waals surface area contributed by atoms with Gasteiger partial charge in [0.15, 0.2) is 0 Å². The van der Waals surface area contributed by atoms with Crippen LogP contribution in [-0.4, -0.2) is 52.9 Å². The maximum absolute atomic E-state index is 12.8. The van der Waals surface area contributed by atoms with Gasteiger partial charge < -0.3 is 5.32 Å². The van der Waals surface area contributed by atoms with Crippen molar-refractivity contribution in [3.05, 3.63) is 52.0 Å². The summed E-state index contributed by atoms with van der Waals surface area (Å²) < 4.78 is 0. The maximum atomic E-state index is 12.8. The Morgan fingerprint density at radius 3 is 2.34 bits per heavy atom. The number of hydrogen-bond acceptors (Lipinski definition) is 5. The molecular weight excluding hydrogens is 380 g/mol. The smallest absolute Gasteiger partial charge is 0.223 e. The first kappa shape index (κ1) is 20.5. The Balaban J connectivity index is 1.16. The molecule has 156 valence electrons. The van der Waals surface area contributed by atoms with E-state index in [1.807, 2.05) is 0 Å². The van der Waals surface area contributed by atoms with Gasteiger partial charge in [-0.3, -0.25) is 14.6 Å². The van der Waals surface area contributed by atoms with E-state index in [1.54, 1.807) is 11.3 Å². The summed E-state index contributed by atoms with van der Waals surface area (Å²) in [5.74, 6) is 0.446. The van der Waals surface area contributed by atoms with Crippen LogP contribution < -0.4 is 5.32 Å². The summed E-state index contributed by atoms with van der Waals surface area (Å²) in [6, 6.07) is 11.0. The molecule has 6 heteroatoms. The van der Waals surface area contributed by atoms with Gasteiger partial charge in [-0.05, 0) is 51.3 Å². The molecule has 1 N–H and O–H groups in total. The van der Waals surface area contributed by atoms with Crippen molar-refractivity contribution in [2.45, 2.75) is 51.7 Å². The number of amides is 1. The lowest BCUT2D eigenvalue weighted by molar-refractivity contribution is -0.127. The molecule has 1 amide bonds. The van der Waals surface area contributed by atoms with Crippen LogP contribution in [0.2, 0.25) is 0 Å². The molecule has 0 spiro atoms. The number of rotatable bonds is 6. The normalized spacial score (nSPS) is 20.0. The topological polar surface area (TPSA) is 48.5 Å². The third-order valence-electron chi connectivity index (χ3n) is 6.19. The SMILES string of the molecule is Cc1nc(CN2CCC(C(=O)NC3CCN(Cc4ccccc4)CC3)CC2)cs1. The summed E-state index contributed by atoms with van der Waals surface area (Å²) in [7, 11) is 0. The van der Waals surface area contributed by atoms with E-state index in [1.165, 1.54) is 5.56 Å². The second-order valence-electron chi connectivity index (χ2n) is 8.45. The van der Waals surface area contributed by atoms with Crippen LogP contribution in [0.25, 0.3) is 0 Å². The minimum atomic E-state index is 0.172. The molecule has 4 rings (SSSR count). The fourth-order valence-electron chi connectivity index (χ4n) is 4.46. The zero-order valence-corrected chi connectivity index (χ0v) is 18.2. The van der Waals surface area contributed by atoms with Crippen LogP contribution >= 0.6 is 11.3 Å². The van der Waals surface area contributed by atoms with Crippen molar-refractivity contribution >= 4 is 17.2 Å². The molecule has 0 bridgehead atoms. The highest BCUT2D eigenvalue weighted by Crippen LogP contribution is 2.21. The van der Waals surface area contributed by atoms with E-state index in [-0.39, 0.29) is 11.8 Å². The second kappa shape index (κ2) is 9.83. The van der Waals surface area contributed by atoms with Gasteiger partial charge in [0.25, 0.3) is 0 Å². The Hall–Kier alpha value is -1.76. The van der Waals surface area contributed by atoms with Gasteiger partial charge in [-0.2, -0.15) is 0 Å². The van der Waals surface area contributed by atoms with E-state index in [9.17, 15) is 4.79 Å². The number of hydrogen-bond donors (Lipinski definition) is 1. The van der Waals surface area contributed by atoms with Gasteiger partial charge in [0, 0.05) is 43.5 Å². The van der Waals surface area contributed by atoms with E-state index in [0.29, 0.717) is 6.04 Å². The van der Waals surface area contributed by atoms with Crippen molar-refractivity contribution in [3.63, 3.8) is 0 Å². The summed E-state index contributed by atoms with van der Waals surface area (Å²) in [5.41, 5.74) is 2.53. The predicted octanol–water partition coefficient (Wildman–Crippen LogP) is 3.44. The summed E-state index contributed by atoms with van der Waals surface area (Å²) in [6.07, 6.45) is 4.03. The van der Waals surface area contributed by atoms with Gasteiger partial charge in [-0.25, -0.2) is 4.98 Å². The number of thiazole rings is 1. The molecule has 0 radical (unpaired) electrons. The highest BCUT2D eigenvalue weighted by atomic mass is 32.1. The summed E-state index contributed by atoms with van der Waals surface area (Å²) >= 11 is 1.71. The summed E-state index contributed by atoms with van der Waals surface area (Å²) in [6.45, 7) is 8.08. The molecule has 0 unspecified atom stereocenters. The average Bonchev–Trinajstić information content (AvgIpc) is 3.15. The lowest BCUT2D eigenvalue weighted by Crippen LogP contribution is -2.47. The molecule has 5 nitrogen and oxygen atoms in total. The molecule has 3 heterocycles. The number of carbonyl (C=O) groups excluding carboxylic acids is 1. The number of aromatic nitrogens is 1. The zero-order valence-electron chi connectivity index (χ0n) is 17.3. The van der Waals surface area contributed by atoms with Crippen LogP contribution in [0.3, 0.4) is 0 Å². The quantitative estimate of drug-likeness (QED) is 0.790. The molecule has 0 atom stereocenters. The monoisotopic (exact) mass is 412 g/mol. The summed E-state index contributed by atoms with van der Waals surface area (Å²) in [5, 5.41) is 6.63. The summed E-state index contributed by atoms with van der Waals surface area (Å²) in [4.78, 5) is 22.2. The molecule has 2 aliphatic heterocycles. The third-order valence-corrected chi connectivity index (χ3v) is 7.02. The number of nitrogens with zero attached hydrogens (tertiary/aromatic N) is 3. The Bertz CT molecular complexity index is 777. The Morgan fingerprint density at radius 2 is 1.69 bits per heavy atom. The zero-order chi connectivity index (χ0) is 20.1. The van der Waals surface area contributed by atoms with E-state index in [2.05, 4.69) is 62.7 Å². The standard InChI is InChI=1S/C23H32N4OS/c1-18-24-22(17-29-18)16-27-11-7-20(8-12-27)23(28)25-21-9-13-26(14-10-21)15-19-5-3-2-4-6-19/h2-6,17,20-21H,7-16H2,1H3,(H,25,28). The largest absolute Gasteiger partial charge is 0.353 e. The van der Waals surface area contributed by atoms with Gasteiger partial charge >= 0.3 is 0 Å². The van der Waals surface area contributed by atoms with Crippen LogP contribution in [-0.2, 0) is 17.9 Å². The van der Waals surface area contributed by atoms with Gasteiger partial charge in [0.05, 0.1) is 10.7 Å². The van der Waals surface area contributed by atoms with Gasteiger partial charge in [-0.15, -0.1) is 11.3 Å². The minimum absolute atomic E-state index is 0.172. The van der Waals surface area contributed by atoms with E-state index in [0.717, 1.165) is 75.7 Å². The van der Waals surface area contributed by atoms with Crippen LogP contribution in [0.4, 0.5) is 0 Å². The molecule has 0 saturated carbocycles. The molecule has 1 aromatic carbocycles. The van der Waals surface area contributed by atoms with Gasteiger partial charge in [0.1, 0.15) is 0 Å². The van der Waals surface area contributed by atoms with Gasteiger partial charge in [0.2, 0.25) is 5.91 Å². The number of benzene rings is 1. The Labute approximate surface area is 178 Å². The molecule has 2 aliphatic rings. The lowest BCUT2D eigenvalue weighted by atomic mass is 9.94. The van der Waals surface area contributed by atoms with Crippen LogP contribution in [0.15, 0.2) is 35.7 Å². The van der Waals surface area contributed by atoms with E-state index < -0.39 is 0 Å². The third kappa shape index (κ3) is 5.87. The Morgan fingerprint density at radius 1 is 1.03 bits per heavy atom.